The van der Waals surface area contributed by atoms with Crippen LogP contribution in [0.1, 0.15) is 18.4 Å². The predicted octanol–water partition coefficient (Wildman–Crippen LogP) is 0.590. The highest BCUT2D eigenvalue weighted by Gasteiger charge is 2.38. The lowest BCUT2D eigenvalue weighted by atomic mass is 10.1. The minimum atomic E-state index is -0.164. The molecule has 2 fully saturated rings. The van der Waals surface area contributed by atoms with Crippen molar-refractivity contribution in [2.75, 3.05) is 38.2 Å². The number of hydrogen-bond donors (Lipinski definition) is 1. The van der Waals surface area contributed by atoms with Gasteiger partial charge in [0, 0.05) is 37.8 Å². The van der Waals surface area contributed by atoms with Crippen molar-refractivity contribution in [3.05, 3.63) is 23.8 Å². The van der Waals surface area contributed by atoms with Crippen LogP contribution in [0, 0.1) is 0 Å². The average molecular weight is 329 g/mol. The van der Waals surface area contributed by atoms with Gasteiger partial charge in [0.15, 0.2) is 5.78 Å². The average Bonchev–Trinajstić information content (AvgIpc) is 3.32. The highest BCUT2D eigenvalue weighted by molar-refractivity contribution is 5.91. The van der Waals surface area contributed by atoms with E-state index in [-0.39, 0.29) is 24.3 Å². The van der Waals surface area contributed by atoms with E-state index < -0.39 is 0 Å². The molecule has 1 aromatic carbocycles. The van der Waals surface area contributed by atoms with Crippen LogP contribution in [0.2, 0.25) is 0 Å². The van der Waals surface area contributed by atoms with Gasteiger partial charge in [0.1, 0.15) is 5.75 Å². The Morgan fingerprint density at radius 3 is 2.92 bits per heavy atom. The maximum Gasteiger partial charge on any atom is 0.240 e. The summed E-state index contributed by atoms with van der Waals surface area (Å²) in [5.41, 5.74) is 2.57. The number of fused-ring (bicyclic) bond motifs is 1. The van der Waals surface area contributed by atoms with Crippen LogP contribution in [0.5, 0.6) is 5.75 Å². The van der Waals surface area contributed by atoms with E-state index in [1.54, 1.807) is 12.0 Å². The minimum Gasteiger partial charge on any atom is -0.497 e. The molecule has 0 aromatic heterocycles. The van der Waals surface area contributed by atoms with Gasteiger partial charge in [-0.2, -0.15) is 0 Å². The van der Waals surface area contributed by atoms with E-state index in [2.05, 4.69) is 22.3 Å². The van der Waals surface area contributed by atoms with Gasteiger partial charge < -0.3 is 19.9 Å². The van der Waals surface area contributed by atoms with E-state index in [1.165, 1.54) is 11.3 Å². The fourth-order valence-corrected chi connectivity index (χ4v) is 4.09. The summed E-state index contributed by atoms with van der Waals surface area (Å²) < 4.78 is 5.31. The Labute approximate surface area is 141 Å². The number of Topliss-reactive ketones (excluding diaryl/α,β-unsaturated/α-hetero) is 1. The Morgan fingerprint density at radius 2 is 2.17 bits per heavy atom. The molecule has 0 unspecified atom stereocenters. The molecule has 6 nitrogen and oxygen atoms in total. The number of amides is 1. The Morgan fingerprint density at radius 1 is 1.29 bits per heavy atom. The molecule has 3 aliphatic heterocycles. The number of benzene rings is 1. The fourth-order valence-electron chi connectivity index (χ4n) is 4.09. The van der Waals surface area contributed by atoms with Gasteiger partial charge in [-0.15, -0.1) is 0 Å². The van der Waals surface area contributed by atoms with E-state index >= 15 is 0 Å². The quantitative estimate of drug-likeness (QED) is 0.879. The van der Waals surface area contributed by atoms with Crippen molar-refractivity contribution < 1.29 is 14.3 Å². The number of nitrogens with zero attached hydrogens (tertiary/aromatic N) is 2. The highest BCUT2D eigenvalue weighted by Crippen LogP contribution is 2.34. The van der Waals surface area contributed by atoms with Crippen LogP contribution < -0.4 is 15.0 Å². The van der Waals surface area contributed by atoms with Crippen LogP contribution in [-0.4, -0.2) is 62.0 Å². The third kappa shape index (κ3) is 2.65. The van der Waals surface area contributed by atoms with E-state index in [4.69, 9.17) is 4.74 Å². The van der Waals surface area contributed by atoms with Crippen LogP contribution in [-0.2, 0) is 16.0 Å². The Bertz CT molecular complexity index is 675. The number of hydrogen-bond acceptors (Lipinski definition) is 5. The van der Waals surface area contributed by atoms with Gasteiger partial charge in [0.25, 0.3) is 0 Å². The second-order valence-corrected chi connectivity index (χ2v) is 6.84. The number of carbonyl (C=O) groups excluding carboxylic acids is 2. The second kappa shape index (κ2) is 6.09. The van der Waals surface area contributed by atoms with E-state index in [1.807, 2.05) is 6.07 Å². The van der Waals surface area contributed by atoms with Crippen molar-refractivity contribution in [1.29, 1.82) is 0 Å². The van der Waals surface area contributed by atoms with Gasteiger partial charge in [-0.3, -0.25) is 9.59 Å². The third-order valence-corrected chi connectivity index (χ3v) is 5.40. The van der Waals surface area contributed by atoms with Gasteiger partial charge in [-0.25, -0.2) is 0 Å². The molecule has 3 heterocycles. The van der Waals surface area contributed by atoms with Gasteiger partial charge in [0.05, 0.1) is 19.7 Å². The molecule has 24 heavy (non-hydrogen) atoms. The molecule has 1 N–H and O–H groups in total. The first-order valence-electron chi connectivity index (χ1n) is 8.63. The number of ether oxygens (including phenoxy) is 1. The number of methoxy groups -OCH3 is 1. The normalized spacial score (nSPS) is 26.1. The number of ketones is 1. The molecule has 0 aliphatic carbocycles. The van der Waals surface area contributed by atoms with Gasteiger partial charge in [0.2, 0.25) is 5.91 Å². The molecule has 128 valence electrons. The van der Waals surface area contributed by atoms with Crippen LogP contribution in [0.15, 0.2) is 18.2 Å². The van der Waals surface area contributed by atoms with E-state index in [9.17, 15) is 9.59 Å². The van der Waals surface area contributed by atoms with Crippen molar-refractivity contribution in [3.8, 4) is 5.75 Å². The summed E-state index contributed by atoms with van der Waals surface area (Å²) >= 11 is 0. The molecular formula is C18H23N3O3. The number of anilines is 1. The molecule has 0 bridgehead atoms. The monoisotopic (exact) mass is 329 g/mol. The summed E-state index contributed by atoms with van der Waals surface area (Å²) in [4.78, 5) is 28.1. The predicted molar refractivity (Wildman–Crippen MR) is 90.4 cm³/mol. The number of nitrogens with one attached hydrogen (secondary N) is 1. The maximum atomic E-state index is 12.6. The molecule has 4 rings (SSSR count). The first kappa shape index (κ1) is 15.4. The molecule has 3 aliphatic rings. The van der Waals surface area contributed by atoms with Crippen LogP contribution in [0.3, 0.4) is 0 Å². The van der Waals surface area contributed by atoms with Gasteiger partial charge in [-0.1, -0.05) is 0 Å². The van der Waals surface area contributed by atoms with Crippen LogP contribution in [0.4, 0.5) is 5.69 Å². The topological polar surface area (TPSA) is 61.9 Å². The number of carbonyl (C=O) groups is 2. The lowest BCUT2D eigenvalue weighted by molar-refractivity contribution is -0.133. The summed E-state index contributed by atoms with van der Waals surface area (Å²) in [5, 5.41) is 3.36. The summed E-state index contributed by atoms with van der Waals surface area (Å²) in [6.07, 6.45) is 2.32. The van der Waals surface area contributed by atoms with Gasteiger partial charge >= 0.3 is 0 Å². The highest BCUT2D eigenvalue weighted by atomic mass is 16.5. The Hall–Kier alpha value is -2.08. The molecule has 0 radical (unpaired) electrons. The fraction of sp³-hybridized carbons (Fsp3) is 0.556. The van der Waals surface area contributed by atoms with E-state index in [0.717, 1.165) is 31.7 Å². The van der Waals surface area contributed by atoms with E-state index in [0.29, 0.717) is 19.0 Å². The molecule has 1 amide bonds. The van der Waals surface area contributed by atoms with Crippen LogP contribution >= 0.6 is 0 Å². The maximum absolute atomic E-state index is 12.6. The molecule has 0 spiro atoms. The second-order valence-electron chi connectivity index (χ2n) is 6.84. The number of rotatable bonds is 3. The summed E-state index contributed by atoms with van der Waals surface area (Å²) in [6.45, 7) is 2.66. The lowest BCUT2D eigenvalue weighted by Gasteiger charge is -2.27. The summed E-state index contributed by atoms with van der Waals surface area (Å²) in [5.74, 6) is 1.14. The SMILES string of the molecule is COc1ccc2c(c1)CCN2[C@@H]1CN[C@H](C(=O)N2CCC(=O)C2)C1. The third-order valence-electron chi connectivity index (χ3n) is 5.40. The van der Waals surface area contributed by atoms with Crippen molar-refractivity contribution >= 4 is 17.4 Å². The molecule has 6 heteroatoms. The molecule has 2 atom stereocenters. The Kier molecular flexibility index (Phi) is 3.92. The molecule has 2 saturated heterocycles. The standard InChI is InChI=1S/C18H23N3O3/c1-24-15-2-3-17-12(8-15)4-7-21(17)13-9-16(19-10-13)18(23)20-6-5-14(22)11-20/h2-3,8,13,16,19H,4-7,9-11H2,1H3/t13-,16-/m0/s1. The zero-order valence-electron chi connectivity index (χ0n) is 14.0. The number of likely N-dealkylation sites (tertiary alicyclic amines) is 1. The lowest BCUT2D eigenvalue weighted by Crippen LogP contribution is -2.42. The molecule has 1 aromatic rings. The first-order chi connectivity index (χ1) is 11.7. The minimum absolute atomic E-state index is 0.0810. The Balaban J connectivity index is 1.43. The van der Waals surface area contributed by atoms with Crippen LogP contribution in [0.25, 0.3) is 0 Å². The zero-order chi connectivity index (χ0) is 16.7. The largest absolute Gasteiger partial charge is 0.497 e. The smallest absolute Gasteiger partial charge is 0.240 e. The summed E-state index contributed by atoms with van der Waals surface area (Å²) in [6, 6.07) is 6.39. The zero-order valence-corrected chi connectivity index (χ0v) is 14.0. The van der Waals surface area contributed by atoms with Crippen molar-refractivity contribution in [1.82, 2.24) is 10.2 Å². The summed E-state index contributed by atoms with van der Waals surface area (Å²) in [7, 11) is 1.69. The molecule has 0 saturated carbocycles. The van der Waals surface area contributed by atoms with Crippen molar-refractivity contribution in [3.63, 3.8) is 0 Å². The first-order valence-corrected chi connectivity index (χ1v) is 8.63. The molecular weight excluding hydrogens is 306 g/mol. The van der Waals surface area contributed by atoms with Gasteiger partial charge in [-0.05, 0) is 36.6 Å². The van der Waals surface area contributed by atoms with Crippen molar-refractivity contribution in [2.45, 2.75) is 31.3 Å². The van der Waals surface area contributed by atoms with Crippen molar-refractivity contribution in [2.24, 2.45) is 0 Å².